The Morgan fingerprint density at radius 2 is 2.24 bits per heavy atom. The molecule has 2 amide bonds. The van der Waals surface area contributed by atoms with Crippen LogP contribution >= 0.6 is 11.6 Å². The van der Waals surface area contributed by atoms with Crippen molar-refractivity contribution >= 4 is 29.3 Å². The van der Waals surface area contributed by atoms with Crippen LogP contribution in [-0.2, 0) is 4.74 Å². The van der Waals surface area contributed by atoms with Gasteiger partial charge in [-0.05, 0) is 31.5 Å². The molecule has 1 aromatic carbocycles. The monoisotopic (exact) mass is 312 g/mol. The Hall–Kier alpha value is -1.79. The van der Waals surface area contributed by atoms with E-state index in [4.69, 9.17) is 21.4 Å². The fraction of sp³-hybridized carbons (Fsp3) is 0.429. The molecule has 6 nitrogen and oxygen atoms in total. The number of halogens is 1. The van der Waals surface area contributed by atoms with Gasteiger partial charge in [-0.25, -0.2) is 9.59 Å². The van der Waals surface area contributed by atoms with Gasteiger partial charge in [0, 0.05) is 19.7 Å². The summed E-state index contributed by atoms with van der Waals surface area (Å²) in [6.07, 6.45) is 0.736. The predicted molar refractivity (Wildman–Crippen MR) is 79.0 cm³/mol. The number of nitrogens with zero attached hydrogens (tertiary/aromatic N) is 1. The summed E-state index contributed by atoms with van der Waals surface area (Å²) < 4.78 is 5.48. The average molecular weight is 313 g/mol. The van der Waals surface area contributed by atoms with Gasteiger partial charge >= 0.3 is 12.0 Å². The highest BCUT2D eigenvalue weighted by Crippen LogP contribution is 2.23. The fourth-order valence-electron chi connectivity index (χ4n) is 2.13. The molecule has 0 aliphatic carbocycles. The first kappa shape index (κ1) is 15.6. The first-order valence-electron chi connectivity index (χ1n) is 6.67. The van der Waals surface area contributed by atoms with Crippen LogP contribution in [0.3, 0.4) is 0 Å². The summed E-state index contributed by atoms with van der Waals surface area (Å²) in [5.41, 5.74) is 0.363. The Bertz CT molecular complexity index is 550. The van der Waals surface area contributed by atoms with Crippen molar-refractivity contribution in [2.24, 2.45) is 0 Å². The number of rotatable bonds is 2. The predicted octanol–water partition coefficient (Wildman–Crippen LogP) is 2.68. The number of anilines is 1. The number of hydrogen-bond acceptors (Lipinski definition) is 3. The molecular weight excluding hydrogens is 296 g/mol. The minimum absolute atomic E-state index is 0.0286. The zero-order valence-electron chi connectivity index (χ0n) is 11.6. The van der Waals surface area contributed by atoms with Crippen molar-refractivity contribution in [2.45, 2.75) is 19.4 Å². The van der Waals surface area contributed by atoms with Gasteiger partial charge in [-0.15, -0.1) is 0 Å². The molecule has 0 bridgehead atoms. The molecule has 0 aromatic heterocycles. The largest absolute Gasteiger partial charge is 0.478 e. The molecule has 114 valence electrons. The second-order valence-electron chi connectivity index (χ2n) is 4.91. The molecule has 1 aliphatic heterocycles. The van der Waals surface area contributed by atoms with Crippen LogP contribution in [0, 0.1) is 0 Å². The summed E-state index contributed by atoms with van der Waals surface area (Å²) in [5.74, 6) is -1.07. The fourth-order valence-corrected chi connectivity index (χ4v) is 2.29. The number of nitrogens with one attached hydrogen (secondary N) is 1. The molecule has 2 N–H and O–H groups in total. The van der Waals surface area contributed by atoms with E-state index in [1.165, 1.54) is 18.2 Å². The van der Waals surface area contributed by atoms with E-state index >= 15 is 0 Å². The van der Waals surface area contributed by atoms with Gasteiger partial charge in [0.1, 0.15) is 0 Å². The maximum atomic E-state index is 12.3. The standard InChI is InChI=1S/C14H17ClN2O4/c1-9-8-17(5-2-6-21-9)14(20)16-12-7-10(13(18)19)3-4-11(12)15/h3-4,7,9H,2,5-6,8H2,1H3,(H,16,20)(H,18,19). The molecule has 1 aliphatic rings. The molecule has 1 heterocycles. The maximum absolute atomic E-state index is 12.3. The number of carboxylic acid groups (broad SMARTS) is 1. The lowest BCUT2D eigenvalue weighted by atomic mass is 10.2. The van der Waals surface area contributed by atoms with E-state index < -0.39 is 5.97 Å². The first-order chi connectivity index (χ1) is 9.97. The highest BCUT2D eigenvalue weighted by Gasteiger charge is 2.20. The summed E-state index contributed by atoms with van der Waals surface area (Å²) >= 11 is 5.99. The van der Waals surface area contributed by atoms with Gasteiger partial charge in [0.15, 0.2) is 0 Å². The summed E-state index contributed by atoms with van der Waals surface area (Å²) in [7, 11) is 0. The van der Waals surface area contributed by atoms with Crippen LogP contribution in [0.25, 0.3) is 0 Å². The van der Waals surface area contributed by atoms with Gasteiger partial charge in [-0.2, -0.15) is 0 Å². The zero-order valence-corrected chi connectivity index (χ0v) is 12.4. The van der Waals surface area contributed by atoms with Crippen LogP contribution < -0.4 is 5.32 Å². The number of benzene rings is 1. The molecule has 21 heavy (non-hydrogen) atoms. The van der Waals surface area contributed by atoms with E-state index in [0.717, 1.165) is 6.42 Å². The number of amides is 2. The molecule has 1 atom stereocenters. The summed E-state index contributed by atoms with van der Waals surface area (Å²) in [6, 6.07) is 3.88. The Morgan fingerprint density at radius 1 is 1.48 bits per heavy atom. The molecule has 1 unspecified atom stereocenters. The lowest BCUT2D eigenvalue weighted by Gasteiger charge is -2.22. The van der Waals surface area contributed by atoms with Crippen molar-refractivity contribution in [2.75, 3.05) is 25.0 Å². The van der Waals surface area contributed by atoms with Crippen LogP contribution in [0.4, 0.5) is 10.5 Å². The van der Waals surface area contributed by atoms with Gasteiger partial charge < -0.3 is 20.1 Å². The van der Waals surface area contributed by atoms with E-state index in [1.807, 2.05) is 6.92 Å². The van der Waals surface area contributed by atoms with Crippen LogP contribution in [0.1, 0.15) is 23.7 Å². The first-order valence-corrected chi connectivity index (χ1v) is 7.05. The third-order valence-electron chi connectivity index (χ3n) is 3.19. The van der Waals surface area contributed by atoms with Gasteiger partial charge in [0.25, 0.3) is 0 Å². The van der Waals surface area contributed by atoms with E-state index in [9.17, 15) is 9.59 Å². The Labute approximate surface area is 127 Å². The van der Waals surface area contributed by atoms with Crippen LogP contribution in [0.15, 0.2) is 18.2 Å². The minimum Gasteiger partial charge on any atom is -0.478 e. The van der Waals surface area contributed by atoms with Crippen LogP contribution in [-0.4, -0.2) is 47.8 Å². The number of carboxylic acids is 1. The van der Waals surface area contributed by atoms with Crippen molar-refractivity contribution in [3.8, 4) is 0 Å². The second kappa shape index (κ2) is 6.78. The van der Waals surface area contributed by atoms with E-state index in [-0.39, 0.29) is 17.7 Å². The molecule has 1 fully saturated rings. The molecule has 0 radical (unpaired) electrons. The maximum Gasteiger partial charge on any atom is 0.335 e. The summed E-state index contributed by atoms with van der Waals surface area (Å²) in [5, 5.41) is 11.9. The minimum atomic E-state index is -1.07. The topological polar surface area (TPSA) is 78.9 Å². The number of urea groups is 1. The quantitative estimate of drug-likeness (QED) is 0.880. The third-order valence-corrected chi connectivity index (χ3v) is 3.52. The molecule has 7 heteroatoms. The SMILES string of the molecule is CC1CN(C(=O)Nc2cc(C(=O)O)ccc2Cl)CCCO1. The zero-order chi connectivity index (χ0) is 15.4. The van der Waals surface area contributed by atoms with Gasteiger partial charge in [0.05, 0.1) is 22.4 Å². The molecule has 1 saturated heterocycles. The molecule has 1 aromatic rings. The van der Waals surface area contributed by atoms with Gasteiger partial charge in [0.2, 0.25) is 0 Å². The number of carbonyl (C=O) groups is 2. The average Bonchev–Trinajstić information content (AvgIpc) is 2.65. The molecule has 2 rings (SSSR count). The lowest BCUT2D eigenvalue weighted by molar-refractivity contribution is 0.0696. The van der Waals surface area contributed by atoms with Gasteiger partial charge in [-0.3, -0.25) is 0 Å². The smallest absolute Gasteiger partial charge is 0.335 e. The van der Waals surface area contributed by atoms with Crippen LogP contribution in [0.2, 0.25) is 5.02 Å². The normalized spacial score (nSPS) is 19.0. The summed E-state index contributed by atoms with van der Waals surface area (Å²) in [6.45, 7) is 3.61. The van der Waals surface area contributed by atoms with Crippen molar-refractivity contribution in [3.05, 3.63) is 28.8 Å². The van der Waals surface area contributed by atoms with Crippen molar-refractivity contribution in [1.29, 1.82) is 0 Å². The number of aromatic carboxylic acids is 1. The van der Waals surface area contributed by atoms with Gasteiger partial charge in [-0.1, -0.05) is 11.6 Å². The molecule has 0 spiro atoms. The Kier molecular flexibility index (Phi) is 5.03. The van der Waals surface area contributed by atoms with E-state index in [0.29, 0.717) is 30.4 Å². The Balaban J connectivity index is 2.11. The number of ether oxygens (including phenoxy) is 1. The lowest BCUT2D eigenvalue weighted by Crippen LogP contribution is -2.39. The van der Waals surface area contributed by atoms with Crippen LogP contribution in [0.5, 0.6) is 0 Å². The highest BCUT2D eigenvalue weighted by molar-refractivity contribution is 6.33. The third kappa shape index (κ3) is 4.09. The van der Waals surface area contributed by atoms with Crippen molar-refractivity contribution in [1.82, 2.24) is 4.90 Å². The molecular formula is C14H17ClN2O4. The van der Waals surface area contributed by atoms with E-state index in [2.05, 4.69) is 5.32 Å². The number of carbonyl (C=O) groups excluding carboxylic acids is 1. The number of hydrogen-bond donors (Lipinski definition) is 2. The summed E-state index contributed by atoms with van der Waals surface area (Å²) in [4.78, 5) is 24.9. The second-order valence-corrected chi connectivity index (χ2v) is 5.32. The van der Waals surface area contributed by atoms with Crippen molar-refractivity contribution in [3.63, 3.8) is 0 Å². The highest BCUT2D eigenvalue weighted by atomic mass is 35.5. The Morgan fingerprint density at radius 3 is 2.95 bits per heavy atom. The van der Waals surface area contributed by atoms with E-state index in [1.54, 1.807) is 4.90 Å². The van der Waals surface area contributed by atoms with Crippen molar-refractivity contribution < 1.29 is 19.4 Å². The molecule has 0 saturated carbocycles.